The van der Waals surface area contributed by atoms with Crippen LogP contribution in [0.25, 0.3) is 23.5 Å². The van der Waals surface area contributed by atoms with Crippen molar-refractivity contribution in [3.63, 3.8) is 0 Å². The van der Waals surface area contributed by atoms with E-state index in [1.54, 1.807) is 4.57 Å². The van der Waals surface area contributed by atoms with Crippen molar-refractivity contribution in [3.8, 4) is 11.3 Å². The van der Waals surface area contributed by atoms with Crippen LogP contribution in [-0.2, 0) is 6.54 Å². The van der Waals surface area contributed by atoms with Gasteiger partial charge in [0, 0.05) is 10.6 Å². The Kier molecular flexibility index (Phi) is 5.27. The Hall–Kier alpha value is -3.30. The largest absolute Gasteiger partial charge is 0.420 e. The van der Waals surface area contributed by atoms with Gasteiger partial charge in [-0.15, -0.1) is 0 Å². The molecule has 0 aliphatic carbocycles. The average molecular weight is 388 g/mol. The molecular weight excluding hydrogens is 370 g/mol. The highest BCUT2D eigenvalue weighted by atomic mass is 35.5. The van der Waals surface area contributed by atoms with Gasteiger partial charge >= 0.3 is 5.76 Å². The van der Waals surface area contributed by atoms with Crippen LogP contribution < -0.4 is 5.76 Å². The van der Waals surface area contributed by atoms with Crippen LogP contribution in [0.3, 0.4) is 0 Å². The lowest BCUT2D eigenvalue weighted by Crippen LogP contribution is -2.16. The lowest BCUT2D eigenvalue weighted by Gasteiger charge is -2.05. The molecule has 0 atom stereocenters. The average Bonchev–Trinajstić information content (AvgIpc) is 3.04. The molecule has 3 nitrogen and oxygen atoms in total. The Bertz CT molecular complexity index is 1140. The Morgan fingerprint density at radius 2 is 1.46 bits per heavy atom. The molecule has 3 aromatic carbocycles. The Morgan fingerprint density at radius 3 is 2.14 bits per heavy atom. The van der Waals surface area contributed by atoms with Crippen molar-refractivity contribution in [1.29, 1.82) is 0 Å². The van der Waals surface area contributed by atoms with E-state index < -0.39 is 0 Å². The second-order valence-corrected chi connectivity index (χ2v) is 6.84. The number of aromatic nitrogens is 1. The van der Waals surface area contributed by atoms with Gasteiger partial charge in [0.1, 0.15) is 0 Å². The molecule has 0 aliphatic heterocycles. The van der Waals surface area contributed by atoms with Gasteiger partial charge in [0.05, 0.1) is 12.2 Å². The number of benzene rings is 3. The van der Waals surface area contributed by atoms with E-state index in [1.807, 2.05) is 97.1 Å². The second kappa shape index (κ2) is 8.15. The third kappa shape index (κ3) is 4.00. The van der Waals surface area contributed by atoms with Crippen LogP contribution in [0.1, 0.15) is 16.8 Å². The quantitative estimate of drug-likeness (QED) is 0.422. The summed E-state index contributed by atoms with van der Waals surface area (Å²) in [6.45, 7) is 0.441. The molecule has 1 aromatic heterocycles. The molecule has 0 spiro atoms. The summed E-state index contributed by atoms with van der Waals surface area (Å²) in [6.07, 6.45) is 3.87. The molecule has 0 aliphatic rings. The molecular formula is C24H18ClNO2. The molecule has 4 aromatic rings. The fourth-order valence-electron chi connectivity index (χ4n) is 3.04. The van der Waals surface area contributed by atoms with Crippen molar-refractivity contribution in [2.75, 3.05) is 0 Å². The molecule has 0 saturated carbocycles. The van der Waals surface area contributed by atoms with Crippen LogP contribution in [0.15, 0.2) is 94.1 Å². The zero-order valence-electron chi connectivity index (χ0n) is 15.1. The maximum absolute atomic E-state index is 12.6. The van der Waals surface area contributed by atoms with Gasteiger partial charge in [-0.3, -0.25) is 4.57 Å². The molecule has 1 heterocycles. The van der Waals surface area contributed by atoms with Gasteiger partial charge in [-0.1, -0.05) is 90.5 Å². The second-order valence-electron chi connectivity index (χ2n) is 6.40. The summed E-state index contributed by atoms with van der Waals surface area (Å²) in [5.41, 5.74) is 3.62. The number of rotatable bonds is 5. The maximum atomic E-state index is 12.6. The molecule has 28 heavy (non-hydrogen) atoms. The SMILES string of the molecule is O=c1oc(-c2ccccc2)c(/C=C/c2ccc(Cl)cc2)n1Cc1ccccc1. The van der Waals surface area contributed by atoms with Crippen molar-refractivity contribution >= 4 is 23.8 Å². The topological polar surface area (TPSA) is 35.1 Å². The normalized spacial score (nSPS) is 11.2. The Balaban J connectivity index is 1.80. The molecule has 0 radical (unpaired) electrons. The van der Waals surface area contributed by atoms with Gasteiger partial charge in [-0.2, -0.15) is 0 Å². The molecule has 138 valence electrons. The van der Waals surface area contributed by atoms with E-state index in [9.17, 15) is 4.79 Å². The van der Waals surface area contributed by atoms with Crippen LogP contribution in [-0.4, -0.2) is 4.57 Å². The first-order chi connectivity index (χ1) is 13.7. The number of oxazole rings is 1. The summed E-state index contributed by atoms with van der Waals surface area (Å²) in [7, 11) is 0. The first-order valence-electron chi connectivity index (χ1n) is 8.97. The molecule has 4 rings (SSSR count). The summed E-state index contributed by atoms with van der Waals surface area (Å²) in [5.74, 6) is 0.185. The zero-order chi connectivity index (χ0) is 19.3. The van der Waals surface area contributed by atoms with Gasteiger partial charge in [-0.25, -0.2) is 4.79 Å². The van der Waals surface area contributed by atoms with Gasteiger partial charge < -0.3 is 4.42 Å². The van der Waals surface area contributed by atoms with E-state index >= 15 is 0 Å². The van der Waals surface area contributed by atoms with E-state index in [4.69, 9.17) is 16.0 Å². The molecule has 0 bridgehead atoms. The first kappa shape index (κ1) is 18.1. The number of hydrogen-bond donors (Lipinski definition) is 0. The first-order valence-corrected chi connectivity index (χ1v) is 9.35. The summed E-state index contributed by atoms with van der Waals surface area (Å²) in [4.78, 5) is 12.6. The van der Waals surface area contributed by atoms with Crippen molar-refractivity contribution in [1.82, 2.24) is 4.57 Å². The van der Waals surface area contributed by atoms with E-state index in [-0.39, 0.29) is 5.76 Å². The van der Waals surface area contributed by atoms with Crippen molar-refractivity contribution in [2.24, 2.45) is 0 Å². The Labute approximate surface area is 168 Å². The molecule has 0 saturated heterocycles. The summed E-state index contributed by atoms with van der Waals surface area (Å²) in [5, 5.41) is 0.687. The molecule has 0 N–H and O–H groups in total. The number of nitrogens with zero attached hydrogens (tertiary/aromatic N) is 1. The predicted molar refractivity (Wildman–Crippen MR) is 114 cm³/mol. The lowest BCUT2D eigenvalue weighted by atomic mass is 10.1. The Morgan fingerprint density at radius 1 is 0.821 bits per heavy atom. The van der Waals surface area contributed by atoms with Gasteiger partial charge in [0.15, 0.2) is 5.76 Å². The van der Waals surface area contributed by atoms with Gasteiger partial charge in [-0.05, 0) is 29.3 Å². The summed E-state index contributed by atoms with van der Waals surface area (Å²) in [6, 6.07) is 27.1. The van der Waals surface area contributed by atoms with Crippen LogP contribution >= 0.6 is 11.6 Å². The minimum absolute atomic E-state index is 0.376. The summed E-state index contributed by atoms with van der Waals surface area (Å²) >= 11 is 5.97. The fraction of sp³-hybridized carbons (Fsp3) is 0.0417. The van der Waals surface area contributed by atoms with Crippen molar-refractivity contribution in [2.45, 2.75) is 6.54 Å². The standard InChI is InChI=1S/C24H18ClNO2/c25-21-14-11-18(12-15-21)13-16-22-23(20-9-5-2-6-10-20)28-24(27)26(22)17-19-7-3-1-4-8-19/h1-16H,17H2/b16-13+. The minimum atomic E-state index is -0.376. The summed E-state index contributed by atoms with van der Waals surface area (Å²) < 4.78 is 7.30. The van der Waals surface area contributed by atoms with Crippen LogP contribution in [0.4, 0.5) is 0 Å². The van der Waals surface area contributed by atoms with E-state index in [2.05, 4.69) is 0 Å². The third-order valence-electron chi connectivity index (χ3n) is 4.46. The van der Waals surface area contributed by atoms with Crippen LogP contribution in [0.5, 0.6) is 0 Å². The number of hydrogen-bond acceptors (Lipinski definition) is 2. The highest BCUT2D eigenvalue weighted by Gasteiger charge is 2.16. The van der Waals surface area contributed by atoms with E-state index in [0.717, 1.165) is 22.4 Å². The molecule has 0 unspecified atom stereocenters. The van der Waals surface area contributed by atoms with Crippen molar-refractivity contribution < 1.29 is 4.42 Å². The smallest absolute Gasteiger partial charge is 0.407 e. The van der Waals surface area contributed by atoms with Gasteiger partial charge in [0.25, 0.3) is 0 Å². The van der Waals surface area contributed by atoms with Gasteiger partial charge in [0.2, 0.25) is 0 Å². The maximum Gasteiger partial charge on any atom is 0.420 e. The van der Waals surface area contributed by atoms with E-state index in [0.29, 0.717) is 17.3 Å². The highest BCUT2D eigenvalue weighted by Crippen LogP contribution is 2.25. The fourth-order valence-corrected chi connectivity index (χ4v) is 3.17. The highest BCUT2D eigenvalue weighted by molar-refractivity contribution is 6.30. The molecule has 0 amide bonds. The van der Waals surface area contributed by atoms with Crippen LogP contribution in [0.2, 0.25) is 5.02 Å². The van der Waals surface area contributed by atoms with Crippen molar-refractivity contribution in [3.05, 3.63) is 117 Å². The minimum Gasteiger partial charge on any atom is -0.407 e. The molecule has 0 fully saturated rings. The number of halogens is 1. The van der Waals surface area contributed by atoms with E-state index in [1.165, 1.54) is 0 Å². The monoisotopic (exact) mass is 387 g/mol. The predicted octanol–water partition coefficient (Wildman–Crippen LogP) is 5.98. The third-order valence-corrected chi connectivity index (χ3v) is 4.71. The lowest BCUT2D eigenvalue weighted by molar-refractivity contribution is 0.497. The van der Waals surface area contributed by atoms with Crippen LogP contribution in [0, 0.1) is 0 Å². The molecule has 4 heteroatoms. The zero-order valence-corrected chi connectivity index (χ0v) is 15.8.